The van der Waals surface area contributed by atoms with Gasteiger partial charge in [0, 0.05) is 17.7 Å². The first-order chi connectivity index (χ1) is 14.2. The van der Waals surface area contributed by atoms with Gasteiger partial charge in [0.1, 0.15) is 13.1 Å². The number of nitrogens with zero attached hydrogens (tertiary/aromatic N) is 1. The maximum absolute atomic E-state index is 12.6. The SMILES string of the molecule is O=C(CSc1nc2c(c(=O)[nH]1)C[NH+](Cc1ccccc1)CC2)Nc1ccccc1. The smallest absolute Gasteiger partial charge is 0.260 e. The minimum Gasteiger partial charge on any atom is -0.327 e. The van der Waals surface area contributed by atoms with Crippen LogP contribution in [0.4, 0.5) is 5.69 Å². The van der Waals surface area contributed by atoms with Gasteiger partial charge >= 0.3 is 0 Å². The van der Waals surface area contributed by atoms with E-state index in [-0.39, 0.29) is 17.2 Å². The number of thioether (sulfide) groups is 1. The second kappa shape index (κ2) is 9.07. The van der Waals surface area contributed by atoms with Gasteiger partial charge in [0.15, 0.2) is 5.16 Å². The molecule has 1 unspecified atom stereocenters. The highest BCUT2D eigenvalue weighted by atomic mass is 32.2. The zero-order chi connectivity index (χ0) is 20.1. The van der Waals surface area contributed by atoms with E-state index in [4.69, 9.17) is 0 Å². The van der Waals surface area contributed by atoms with Crippen LogP contribution in [0.15, 0.2) is 70.6 Å². The summed E-state index contributed by atoms with van der Waals surface area (Å²) in [4.78, 5) is 33.5. The Labute approximate surface area is 173 Å². The number of rotatable bonds is 6. The molecule has 1 amide bonds. The molecule has 1 aliphatic rings. The molecule has 4 rings (SSSR count). The molecule has 2 heterocycles. The summed E-state index contributed by atoms with van der Waals surface area (Å²) in [6, 6.07) is 19.6. The van der Waals surface area contributed by atoms with E-state index in [9.17, 15) is 9.59 Å². The summed E-state index contributed by atoms with van der Waals surface area (Å²) >= 11 is 1.25. The van der Waals surface area contributed by atoms with Crippen molar-refractivity contribution < 1.29 is 9.69 Å². The first-order valence-corrected chi connectivity index (χ1v) is 10.6. The van der Waals surface area contributed by atoms with E-state index in [1.54, 1.807) is 0 Å². The number of nitrogens with one attached hydrogen (secondary N) is 3. The molecule has 2 aromatic carbocycles. The maximum Gasteiger partial charge on any atom is 0.260 e. The van der Waals surface area contributed by atoms with Gasteiger partial charge in [0.05, 0.1) is 23.6 Å². The van der Waals surface area contributed by atoms with Crippen LogP contribution in [0.2, 0.25) is 0 Å². The Morgan fingerprint density at radius 3 is 2.59 bits per heavy atom. The van der Waals surface area contributed by atoms with E-state index in [1.165, 1.54) is 22.2 Å². The Bertz CT molecular complexity index is 1040. The number of aromatic nitrogens is 2. The number of anilines is 1. The van der Waals surface area contributed by atoms with Gasteiger partial charge in [0.25, 0.3) is 5.56 Å². The minimum absolute atomic E-state index is 0.0915. The first kappa shape index (κ1) is 19.4. The molecule has 0 saturated heterocycles. The lowest BCUT2D eigenvalue weighted by atomic mass is 10.1. The highest BCUT2D eigenvalue weighted by Crippen LogP contribution is 2.15. The van der Waals surface area contributed by atoms with Crippen LogP contribution in [0.1, 0.15) is 16.8 Å². The van der Waals surface area contributed by atoms with Crippen LogP contribution in [0.25, 0.3) is 0 Å². The quantitative estimate of drug-likeness (QED) is 0.429. The lowest BCUT2D eigenvalue weighted by Crippen LogP contribution is -3.10. The summed E-state index contributed by atoms with van der Waals surface area (Å²) in [5.74, 6) is 0.0715. The molecule has 6 nitrogen and oxygen atoms in total. The van der Waals surface area contributed by atoms with Crippen molar-refractivity contribution in [2.45, 2.75) is 24.7 Å². The largest absolute Gasteiger partial charge is 0.327 e. The van der Waals surface area contributed by atoms with Crippen molar-refractivity contribution in [1.82, 2.24) is 9.97 Å². The number of H-pyrrole nitrogens is 1. The topological polar surface area (TPSA) is 79.3 Å². The highest BCUT2D eigenvalue weighted by molar-refractivity contribution is 7.99. The Hall–Kier alpha value is -2.90. The van der Waals surface area contributed by atoms with E-state index >= 15 is 0 Å². The highest BCUT2D eigenvalue weighted by Gasteiger charge is 2.24. The van der Waals surface area contributed by atoms with Gasteiger partial charge < -0.3 is 15.2 Å². The van der Waals surface area contributed by atoms with Crippen LogP contribution in [0.5, 0.6) is 0 Å². The summed E-state index contributed by atoms with van der Waals surface area (Å²) in [5, 5.41) is 3.34. The Morgan fingerprint density at radius 2 is 1.83 bits per heavy atom. The number of para-hydroxylation sites is 1. The summed E-state index contributed by atoms with van der Waals surface area (Å²) in [5.41, 5.74) is 3.56. The van der Waals surface area contributed by atoms with Crippen molar-refractivity contribution in [2.24, 2.45) is 0 Å². The number of carbonyl (C=O) groups is 1. The first-order valence-electron chi connectivity index (χ1n) is 9.64. The van der Waals surface area contributed by atoms with Crippen molar-refractivity contribution in [1.29, 1.82) is 0 Å². The third kappa shape index (κ3) is 5.13. The van der Waals surface area contributed by atoms with Gasteiger partial charge in [-0.1, -0.05) is 60.3 Å². The average Bonchev–Trinajstić information content (AvgIpc) is 2.74. The lowest BCUT2D eigenvalue weighted by molar-refractivity contribution is -0.929. The second-order valence-corrected chi connectivity index (χ2v) is 8.05. The maximum atomic E-state index is 12.6. The molecule has 1 aliphatic heterocycles. The molecule has 0 saturated carbocycles. The molecule has 1 aromatic heterocycles. The molecule has 0 bridgehead atoms. The van der Waals surface area contributed by atoms with Crippen molar-refractivity contribution in [2.75, 3.05) is 17.6 Å². The third-order valence-electron chi connectivity index (χ3n) is 4.92. The molecule has 0 fully saturated rings. The molecule has 29 heavy (non-hydrogen) atoms. The normalized spacial score (nSPS) is 15.5. The number of carbonyl (C=O) groups excluding carboxylic acids is 1. The van der Waals surface area contributed by atoms with Gasteiger partial charge in [-0.2, -0.15) is 0 Å². The average molecular weight is 408 g/mol. The van der Waals surface area contributed by atoms with Crippen LogP contribution in [0, 0.1) is 0 Å². The van der Waals surface area contributed by atoms with Gasteiger partial charge in [0.2, 0.25) is 5.91 Å². The number of benzene rings is 2. The standard InChI is InChI=1S/C22H22N4O2S/c27-20(23-17-9-5-2-6-10-17)15-29-22-24-19-11-12-26(14-18(19)21(28)25-22)13-16-7-3-1-4-8-16/h1-10H,11-15H2,(H,23,27)(H,24,25,28)/p+1. The summed E-state index contributed by atoms with van der Waals surface area (Å²) < 4.78 is 0. The summed E-state index contributed by atoms with van der Waals surface area (Å²) in [7, 11) is 0. The number of hydrogen-bond donors (Lipinski definition) is 3. The fourth-order valence-corrected chi connectivity index (χ4v) is 4.18. The molecule has 0 spiro atoms. The van der Waals surface area contributed by atoms with Crippen LogP contribution in [-0.4, -0.2) is 28.2 Å². The second-order valence-electron chi connectivity index (χ2n) is 7.09. The summed E-state index contributed by atoms with van der Waals surface area (Å²) in [6.07, 6.45) is 0.769. The van der Waals surface area contributed by atoms with Crippen LogP contribution >= 0.6 is 11.8 Å². The van der Waals surface area contributed by atoms with Gasteiger partial charge in [-0.25, -0.2) is 4.98 Å². The molecule has 1 atom stereocenters. The number of quaternary nitrogens is 1. The molecule has 7 heteroatoms. The number of hydrogen-bond acceptors (Lipinski definition) is 4. The van der Waals surface area contributed by atoms with E-state index in [0.29, 0.717) is 11.7 Å². The fourth-order valence-electron chi connectivity index (χ4n) is 3.50. The molecular formula is C22H23N4O2S+. The van der Waals surface area contributed by atoms with Crippen LogP contribution < -0.4 is 15.8 Å². The van der Waals surface area contributed by atoms with E-state index in [0.717, 1.165) is 36.5 Å². The number of aromatic amines is 1. The lowest BCUT2D eigenvalue weighted by Gasteiger charge is -2.25. The summed E-state index contributed by atoms with van der Waals surface area (Å²) in [6.45, 7) is 2.51. The molecule has 148 valence electrons. The van der Waals surface area contributed by atoms with Gasteiger partial charge in [-0.3, -0.25) is 9.59 Å². The van der Waals surface area contributed by atoms with Crippen LogP contribution in [0.3, 0.4) is 0 Å². The Balaban J connectivity index is 1.37. The van der Waals surface area contributed by atoms with Crippen molar-refractivity contribution >= 4 is 23.4 Å². The van der Waals surface area contributed by atoms with Crippen molar-refractivity contribution in [3.05, 3.63) is 87.8 Å². The van der Waals surface area contributed by atoms with Crippen molar-refractivity contribution in [3.8, 4) is 0 Å². The van der Waals surface area contributed by atoms with Gasteiger partial charge in [-0.15, -0.1) is 0 Å². The van der Waals surface area contributed by atoms with Gasteiger partial charge in [-0.05, 0) is 12.1 Å². The molecular weight excluding hydrogens is 384 g/mol. The predicted octanol–water partition coefficient (Wildman–Crippen LogP) is 1.64. The number of amides is 1. The Kier molecular flexibility index (Phi) is 6.07. The molecule has 0 aliphatic carbocycles. The van der Waals surface area contributed by atoms with Crippen molar-refractivity contribution in [3.63, 3.8) is 0 Å². The molecule has 0 radical (unpaired) electrons. The van der Waals surface area contributed by atoms with E-state index < -0.39 is 0 Å². The van der Waals surface area contributed by atoms with E-state index in [1.807, 2.05) is 48.5 Å². The molecule has 3 N–H and O–H groups in total. The monoisotopic (exact) mass is 407 g/mol. The third-order valence-corrected chi connectivity index (χ3v) is 5.79. The van der Waals surface area contributed by atoms with E-state index in [2.05, 4.69) is 27.4 Å². The minimum atomic E-state index is -0.125. The zero-order valence-electron chi connectivity index (χ0n) is 16.0. The van der Waals surface area contributed by atoms with Crippen LogP contribution in [-0.2, 0) is 24.3 Å². The molecule has 3 aromatic rings. The zero-order valence-corrected chi connectivity index (χ0v) is 16.8. The fraction of sp³-hybridized carbons (Fsp3) is 0.227. The Morgan fingerprint density at radius 1 is 1.10 bits per heavy atom. The number of fused-ring (bicyclic) bond motifs is 1. The predicted molar refractivity (Wildman–Crippen MR) is 114 cm³/mol.